The maximum Gasteiger partial charge on any atom is 0.195 e. The molecule has 192 valence electrons. The van der Waals surface area contributed by atoms with E-state index in [9.17, 15) is 0 Å². The second-order valence-electron chi connectivity index (χ2n) is 10.4. The number of nitrogens with zero attached hydrogens (tertiary/aromatic N) is 2. The molecule has 0 aliphatic heterocycles. The maximum atomic E-state index is 5.38. The van der Waals surface area contributed by atoms with Crippen molar-refractivity contribution >= 4 is 74.9 Å². The molecule has 0 aliphatic rings. The molecule has 6 aromatic carbocycles. The summed E-state index contributed by atoms with van der Waals surface area (Å²) in [4.78, 5) is 5.38. The van der Waals surface area contributed by atoms with Crippen molar-refractivity contribution in [1.29, 1.82) is 0 Å². The molecule has 9 aromatic rings. The molecule has 0 spiro atoms. The van der Waals surface area contributed by atoms with E-state index >= 15 is 0 Å². The van der Waals surface area contributed by atoms with Gasteiger partial charge in [0, 0.05) is 36.5 Å². The summed E-state index contributed by atoms with van der Waals surface area (Å²) in [5.74, 6) is 0. The molecular weight excluding hydrogens is 537 g/mol. The minimum Gasteiger partial charge on any atom is -0.285 e. The molecule has 0 unspecified atom stereocenters. The first-order valence-electron chi connectivity index (χ1n) is 13.7. The summed E-state index contributed by atoms with van der Waals surface area (Å²) in [5.41, 5.74) is 8.44. The van der Waals surface area contributed by atoms with Crippen molar-refractivity contribution in [2.75, 3.05) is 0 Å². The molecule has 0 fully saturated rings. The molecule has 0 atom stereocenters. The van der Waals surface area contributed by atoms with Gasteiger partial charge in [0.25, 0.3) is 0 Å². The highest BCUT2D eigenvalue weighted by Gasteiger charge is 2.20. The van der Waals surface area contributed by atoms with E-state index in [0.717, 1.165) is 10.6 Å². The molecule has 0 saturated heterocycles. The van der Waals surface area contributed by atoms with E-state index in [2.05, 4.69) is 138 Å². The second kappa shape index (κ2) is 8.87. The first-order chi connectivity index (χ1) is 20.3. The summed E-state index contributed by atoms with van der Waals surface area (Å²) in [6, 6.07) is 48.0. The highest BCUT2D eigenvalue weighted by atomic mass is 32.1. The van der Waals surface area contributed by atoms with Crippen LogP contribution in [0.15, 0.2) is 133 Å². The van der Waals surface area contributed by atoms with Crippen LogP contribution in [-0.4, -0.2) is 9.55 Å². The fraction of sp³-hybridized carbons (Fsp3) is 0. The maximum absolute atomic E-state index is 5.38. The van der Waals surface area contributed by atoms with Gasteiger partial charge >= 0.3 is 0 Å². The predicted octanol–water partition coefficient (Wildman–Crippen LogP) is 11.1. The van der Waals surface area contributed by atoms with Gasteiger partial charge in [0.1, 0.15) is 0 Å². The summed E-state index contributed by atoms with van der Waals surface area (Å²) in [6.45, 7) is 0. The van der Waals surface area contributed by atoms with Crippen molar-refractivity contribution in [3.63, 3.8) is 0 Å². The van der Waals surface area contributed by atoms with Gasteiger partial charge < -0.3 is 0 Å². The van der Waals surface area contributed by atoms with Crippen molar-refractivity contribution in [2.45, 2.75) is 0 Å². The quantitative estimate of drug-likeness (QED) is 0.211. The molecule has 2 nitrogen and oxygen atoms in total. The van der Waals surface area contributed by atoms with Gasteiger partial charge in [0.05, 0.1) is 21.3 Å². The Balaban J connectivity index is 1.32. The zero-order valence-electron chi connectivity index (χ0n) is 21.9. The molecular formula is C37H22N2S2. The second-order valence-corrected chi connectivity index (χ2v) is 12.4. The highest BCUT2D eigenvalue weighted by molar-refractivity contribution is 7.27. The monoisotopic (exact) mass is 558 g/mol. The molecule has 0 aliphatic carbocycles. The smallest absolute Gasteiger partial charge is 0.195 e. The van der Waals surface area contributed by atoms with Crippen LogP contribution < -0.4 is 0 Å². The number of benzene rings is 6. The highest BCUT2D eigenvalue weighted by Crippen LogP contribution is 2.46. The van der Waals surface area contributed by atoms with Crippen LogP contribution in [0, 0.1) is 0 Å². The van der Waals surface area contributed by atoms with Gasteiger partial charge in [0.15, 0.2) is 5.13 Å². The Labute approximate surface area is 244 Å². The summed E-state index contributed by atoms with van der Waals surface area (Å²) in [6.07, 6.45) is 0. The Morgan fingerprint density at radius 3 is 1.80 bits per heavy atom. The fourth-order valence-electron chi connectivity index (χ4n) is 6.18. The lowest BCUT2D eigenvalue weighted by molar-refractivity contribution is 1.15. The third-order valence-corrected chi connectivity index (χ3v) is 10.3. The number of aromatic nitrogens is 2. The average molecular weight is 559 g/mol. The van der Waals surface area contributed by atoms with Crippen molar-refractivity contribution in [1.82, 2.24) is 9.55 Å². The molecule has 0 saturated carbocycles. The molecule has 41 heavy (non-hydrogen) atoms. The molecule has 0 bridgehead atoms. The largest absolute Gasteiger partial charge is 0.285 e. The lowest BCUT2D eigenvalue weighted by Gasteiger charge is -2.07. The number of thiazole rings is 1. The van der Waals surface area contributed by atoms with Crippen molar-refractivity contribution in [3.8, 4) is 27.4 Å². The van der Waals surface area contributed by atoms with Crippen molar-refractivity contribution in [3.05, 3.63) is 133 Å². The Kier molecular flexibility index (Phi) is 4.97. The van der Waals surface area contributed by atoms with E-state index in [-0.39, 0.29) is 0 Å². The van der Waals surface area contributed by atoms with E-state index in [1.807, 2.05) is 11.3 Å². The van der Waals surface area contributed by atoms with Crippen LogP contribution in [0.5, 0.6) is 0 Å². The SMILES string of the molecule is c1ccc(-c2ccc(-c3cc4sc(-n5c6ccccc6c6ccccc65)nc4c4c3sc3ccccc34)cc2)cc1. The third kappa shape index (κ3) is 3.45. The van der Waals surface area contributed by atoms with Gasteiger partial charge in [-0.3, -0.25) is 4.57 Å². The number of para-hydroxylation sites is 2. The standard InChI is InChI=1S/C37H22N2S2/c1-2-10-23(11-3-1)24-18-20-25(21-19-24)29-22-33-35(34-28-14-6-9-17-32(28)40-36(29)34)38-37(41-33)39-30-15-7-4-12-26(30)27-13-5-8-16-31(27)39/h1-22H. The first-order valence-corrected chi connectivity index (χ1v) is 15.4. The molecule has 0 N–H and O–H groups in total. The summed E-state index contributed by atoms with van der Waals surface area (Å²) >= 11 is 3.65. The predicted molar refractivity (Wildman–Crippen MR) is 178 cm³/mol. The molecule has 0 radical (unpaired) electrons. The number of fused-ring (bicyclic) bond motifs is 8. The number of rotatable bonds is 3. The van der Waals surface area contributed by atoms with E-state index in [1.54, 1.807) is 11.3 Å². The summed E-state index contributed by atoms with van der Waals surface area (Å²) < 4.78 is 6.14. The Hall–Kier alpha value is -4.77. The number of hydrogen-bond donors (Lipinski definition) is 0. The lowest BCUT2D eigenvalue weighted by Crippen LogP contribution is -1.92. The van der Waals surface area contributed by atoms with Crippen LogP contribution in [0.3, 0.4) is 0 Å². The summed E-state index contributed by atoms with van der Waals surface area (Å²) in [5, 5.41) is 6.05. The van der Waals surface area contributed by atoms with Crippen LogP contribution in [-0.2, 0) is 0 Å². The minimum atomic E-state index is 1.01. The summed E-state index contributed by atoms with van der Waals surface area (Å²) in [7, 11) is 0. The normalized spacial score (nSPS) is 11.9. The van der Waals surface area contributed by atoms with E-state index in [4.69, 9.17) is 4.98 Å². The Morgan fingerprint density at radius 2 is 1.07 bits per heavy atom. The molecule has 3 heterocycles. The number of thiophene rings is 1. The Bertz CT molecular complexity index is 2350. The first kappa shape index (κ1) is 23.0. The number of hydrogen-bond acceptors (Lipinski definition) is 3. The van der Waals surface area contributed by atoms with Gasteiger partial charge in [-0.1, -0.05) is 121 Å². The lowest BCUT2D eigenvalue weighted by atomic mass is 9.98. The van der Waals surface area contributed by atoms with Crippen molar-refractivity contribution in [2.24, 2.45) is 0 Å². The van der Waals surface area contributed by atoms with Gasteiger partial charge in [-0.15, -0.1) is 11.3 Å². The molecule has 0 amide bonds. The molecule has 9 rings (SSSR count). The fourth-order valence-corrected chi connectivity index (χ4v) is 8.46. The van der Waals surface area contributed by atoms with Crippen LogP contribution >= 0.6 is 22.7 Å². The zero-order valence-corrected chi connectivity index (χ0v) is 23.5. The van der Waals surface area contributed by atoms with E-state index in [0.29, 0.717) is 0 Å². The van der Waals surface area contributed by atoms with Gasteiger partial charge in [-0.05, 0) is 41.0 Å². The van der Waals surface area contributed by atoms with E-state index < -0.39 is 0 Å². The van der Waals surface area contributed by atoms with Crippen LogP contribution in [0.4, 0.5) is 0 Å². The third-order valence-electron chi connectivity index (χ3n) is 8.07. The van der Waals surface area contributed by atoms with Crippen molar-refractivity contribution < 1.29 is 0 Å². The van der Waals surface area contributed by atoms with Crippen LogP contribution in [0.2, 0.25) is 0 Å². The molecule has 3 aromatic heterocycles. The molecule has 4 heteroatoms. The van der Waals surface area contributed by atoms with Crippen LogP contribution in [0.1, 0.15) is 0 Å². The topological polar surface area (TPSA) is 17.8 Å². The minimum absolute atomic E-state index is 1.01. The van der Waals surface area contributed by atoms with Crippen LogP contribution in [0.25, 0.3) is 79.6 Å². The van der Waals surface area contributed by atoms with Gasteiger partial charge in [0.2, 0.25) is 0 Å². The average Bonchev–Trinajstić information content (AvgIpc) is 3.72. The van der Waals surface area contributed by atoms with E-state index in [1.165, 1.54) is 68.9 Å². The van der Waals surface area contributed by atoms with Gasteiger partial charge in [-0.25, -0.2) is 4.98 Å². The zero-order chi connectivity index (χ0) is 26.9. The Morgan fingerprint density at radius 1 is 0.488 bits per heavy atom. The van der Waals surface area contributed by atoms with Gasteiger partial charge in [-0.2, -0.15) is 0 Å².